The van der Waals surface area contributed by atoms with E-state index in [9.17, 15) is 4.79 Å². The Labute approximate surface area is 125 Å². The van der Waals surface area contributed by atoms with Gasteiger partial charge in [0.15, 0.2) is 5.78 Å². The summed E-state index contributed by atoms with van der Waals surface area (Å²) in [5.74, 6) is 0.840. The normalized spacial score (nSPS) is 10.7. The predicted molar refractivity (Wildman–Crippen MR) is 83.2 cm³/mol. The van der Waals surface area contributed by atoms with Crippen molar-refractivity contribution in [2.45, 2.75) is 40.7 Å². The average molecular weight is 286 g/mol. The Morgan fingerprint density at radius 2 is 2.05 bits per heavy atom. The summed E-state index contributed by atoms with van der Waals surface area (Å²) in [5, 5.41) is 4.60. The van der Waals surface area contributed by atoms with Crippen molar-refractivity contribution in [3.8, 4) is 5.75 Å². The molecule has 4 nitrogen and oxygen atoms in total. The van der Waals surface area contributed by atoms with Crippen LogP contribution in [0.15, 0.2) is 18.2 Å². The van der Waals surface area contributed by atoms with Crippen LogP contribution in [-0.2, 0) is 13.0 Å². The Bertz CT molecular complexity index is 672. The monoisotopic (exact) mass is 286 g/mol. The molecule has 0 fully saturated rings. The van der Waals surface area contributed by atoms with E-state index in [0.717, 1.165) is 23.4 Å². The number of methoxy groups -OCH3 is 1. The fourth-order valence-corrected chi connectivity index (χ4v) is 2.68. The van der Waals surface area contributed by atoms with E-state index >= 15 is 0 Å². The third-order valence-electron chi connectivity index (χ3n) is 3.89. The van der Waals surface area contributed by atoms with Crippen LogP contribution in [0, 0.1) is 13.8 Å². The van der Waals surface area contributed by atoms with Gasteiger partial charge in [0.25, 0.3) is 0 Å². The second-order valence-corrected chi connectivity index (χ2v) is 5.24. The van der Waals surface area contributed by atoms with E-state index in [4.69, 9.17) is 4.74 Å². The molecule has 0 saturated carbocycles. The molecule has 21 heavy (non-hydrogen) atoms. The quantitative estimate of drug-likeness (QED) is 0.792. The third-order valence-corrected chi connectivity index (χ3v) is 3.89. The topological polar surface area (TPSA) is 44.1 Å². The summed E-state index contributed by atoms with van der Waals surface area (Å²) in [6.45, 7) is 8.44. The van der Waals surface area contributed by atoms with E-state index < -0.39 is 0 Å². The molecule has 0 aliphatic rings. The number of rotatable bonds is 5. The third kappa shape index (κ3) is 2.99. The zero-order valence-corrected chi connectivity index (χ0v) is 13.4. The zero-order chi connectivity index (χ0) is 15.6. The number of Topliss-reactive ketones (excluding diaryl/α,β-unsaturated/α-hetero) is 1. The maximum Gasteiger partial charge on any atom is 0.159 e. The molecule has 2 rings (SSSR count). The van der Waals surface area contributed by atoms with Gasteiger partial charge >= 0.3 is 0 Å². The minimum Gasteiger partial charge on any atom is -0.496 e. The van der Waals surface area contributed by atoms with Crippen LogP contribution in [0.2, 0.25) is 0 Å². The van der Waals surface area contributed by atoms with Crippen molar-refractivity contribution in [2.75, 3.05) is 7.11 Å². The van der Waals surface area contributed by atoms with E-state index in [1.807, 2.05) is 23.7 Å². The van der Waals surface area contributed by atoms with Crippen molar-refractivity contribution < 1.29 is 9.53 Å². The Balaban J connectivity index is 2.43. The number of benzene rings is 1. The van der Waals surface area contributed by atoms with Crippen LogP contribution < -0.4 is 4.74 Å². The summed E-state index contributed by atoms with van der Waals surface area (Å²) in [6.07, 6.45) is 0.974. The highest BCUT2D eigenvalue weighted by molar-refractivity contribution is 5.94. The second kappa shape index (κ2) is 6.12. The van der Waals surface area contributed by atoms with E-state index in [-0.39, 0.29) is 5.78 Å². The summed E-state index contributed by atoms with van der Waals surface area (Å²) in [4.78, 5) is 11.6. The number of ketones is 1. The van der Waals surface area contributed by atoms with Gasteiger partial charge in [0.05, 0.1) is 19.3 Å². The van der Waals surface area contributed by atoms with Gasteiger partial charge < -0.3 is 4.74 Å². The van der Waals surface area contributed by atoms with Gasteiger partial charge in [-0.05, 0) is 51.0 Å². The number of hydrogen-bond donors (Lipinski definition) is 0. The van der Waals surface area contributed by atoms with Crippen molar-refractivity contribution in [2.24, 2.45) is 0 Å². The first-order chi connectivity index (χ1) is 9.97. The molecule has 0 radical (unpaired) electrons. The summed E-state index contributed by atoms with van der Waals surface area (Å²) >= 11 is 0. The number of hydrogen-bond acceptors (Lipinski definition) is 3. The Morgan fingerprint density at radius 3 is 2.57 bits per heavy atom. The molecule has 1 aromatic carbocycles. The second-order valence-electron chi connectivity index (χ2n) is 5.24. The molecule has 0 amide bonds. The van der Waals surface area contributed by atoms with Crippen molar-refractivity contribution in [1.29, 1.82) is 0 Å². The maximum atomic E-state index is 11.6. The molecule has 0 unspecified atom stereocenters. The molecule has 0 spiro atoms. The summed E-state index contributed by atoms with van der Waals surface area (Å²) in [7, 11) is 1.64. The maximum absolute atomic E-state index is 11.6. The van der Waals surface area contributed by atoms with Gasteiger partial charge in [0.1, 0.15) is 5.75 Å². The highest BCUT2D eigenvalue weighted by Crippen LogP contribution is 2.23. The van der Waals surface area contributed by atoms with Crippen LogP contribution in [0.5, 0.6) is 5.75 Å². The molecule has 1 aromatic heterocycles. The number of ether oxygens (including phenoxy) is 1. The summed E-state index contributed by atoms with van der Waals surface area (Å²) in [5.41, 5.74) is 5.19. The fourth-order valence-electron chi connectivity index (χ4n) is 2.68. The van der Waals surface area contributed by atoms with Crippen LogP contribution in [0.4, 0.5) is 0 Å². The standard InChI is InChI=1S/C17H22N2O2/c1-6-16-11(2)18-19(12(16)3)10-15-9-14(13(4)20)7-8-17(15)21-5/h7-9H,6,10H2,1-5H3. The predicted octanol–water partition coefficient (Wildman–Crippen LogP) is 3.32. The van der Waals surface area contributed by atoms with Crippen molar-refractivity contribution in [3.63, 3.8) is 0 Å². The Hall–Kier alpha value is -2.10. The van der Waals surface area contributed by atoms with Gasteiger partial charge in [-0.25, -0.2) is 0 Å². The van der Waals surface area contributed by atoms with Gasteiger partial charge in [-0.15, -0.1) is 0 Å². The molecular formula is C17H22N2O2. The lowest BCUT2D eigenvalue weighted by molar-refractivity contribution is 0.101. The molecule has 1 heterocycles. The van der Waals surface area contributed by atoms with Crippen molar-refractivity contribution >= 4 is 5.78 Å². The molecule has 112 valence electrons. The average Bonchev–Trinajstić information content (AvgIpc) is 2.72. The molecule has 0 aliphatic heterocycles. The van der Waals surface area contributed by atoms with Crippen molar-refractivity contribution in [1.82, 2.24) is 9.78 Å². The van der Waals surface area contributed by atoms with Crippen LogP contribution in [0.1, 0.15) is 46.7 Å². The number of carbonyl (C=O) groups excluding carboxylic acids is 1. The fraction of sp³-hybridized carbons (Fsp3) is 0.412. The first-order valence-corrected chi connectivity index (χ1v) is 7.18. The lowest BCUT2D eigenvalue weighted by atomic mass is 10.1. The van der Waals surface area contributed by atoms with E-state index in [1.54, 1.807) is 20.1 Å². The molecule has 0 bridgehead atoms. The van der Waals surface area contributed by atoms with Crippen LogP contribution in [0.3, 0.4) is 0 Å². The number of aryl methyl sites for hydroxylation is 1. The number of carbonyl (C=O) groups is 1. The largest absolute Gasteiger partial charge is 0.496 e. The molecule has 2 aromatic rings. The van der Waals surface area contributed by atoms with E-state index in [1.165, 1.54) is 11.3 Å². The smallest absolute Gasteiger partial charge is 0.159 e. The summed E-state index contributed by atoms with van der Waals surface area (Å²) < 4.78 is 7.39. The van der Waals surface area contributed by atoms with Gasteiger partial charge in [-0.1, -0.05) is 6.92 Å². The summed E-state index contributed by atoms with van der Waals surface area (Å²) in [6, 6.07) is 5.53. The molecular weight excluding hydrogens is 264 g/mol. The molecule has 0 atom stereocenters. The van der Waals surface area contributed by atoms with E-state index in [2.05, 4.69) is 18.9 Å². The van der Waals surface area contributed by atoms with Crippen LogP contribution >= 0.6 is 0 Å². The lowest BCUT2D eigenvalue weighted by Gasteiger charge is -2.11. The number of aromatic nitrogens is 2. The van der Waals surface area contributed by atoms with E-state index in [0.29, 0.717) is 12.1 Å². The minimum absolute atomic E-state index is 0.0570. The van der Waals surface area contributed by atoms with Gasteiger partial charge in [-0.3, -0.25) is 9.48 Å². The number of nitrogens with zero attached hydrogens (tertiary/aromatic N) is 2. The minimum atomic E-state index is 0.0570. The Kier molecular flexibility index (Phi) is 4.46. The van der Waals surface area contributed by atoms with Gasteiger partial charge in [0.2, 0.25) is 0 Å². The Morgan fingerprint density at radius 1 is 1.33 bits per heavy atom. The first-order valence-electron chi connectivity index (χ1n) is 7.18. The molecule has 0 saturated heterocycles. The van der Waals surface area contributed by atoms with Crippen LogP contribution in [-0.4, -0.2) is 22.7 Å². The SMILES string of the molecule is CCc1c(C)nn(Cc2cc(C(C)=O)ccc2OC)c1C. The molecule has 0 aliphatic carbocycles. The van der Waals surface area contributed by atoms with Gasteiger partial charge in [-0.2, -0.15) is 5.10 Å². The van der Waals surface area contributed by atoms with Crippen molar-refractivity contribution in [3.05, 3.63) is 46.3 Å². The first kappa shape index (κ1) is 15.3. The van der Waals surface area contributed by atoms with Crippen LogP contribution in [0.25, 0.3) is 0 Å². The molecule has 4 heteroatoms. The lowest BCUT2D eigenvalue weighted by Crippen LogP contribution is -2.07. The highest BCUT2D eigenvalue weighted by Gasteiger charge is 2.13. The highest BCUT2D eigenvalue weighted by atomic mass is 16.5. The van der Waals surface area contributed by atoms with Gasteiger partial charge in [0, 0.05) is 16.8 Å². The zero-order valence-electron chi connectivity index (χ0n) is 13.4. The molecule has 0 N–H and O–H groups in total.